The first kappa shape index (κ1) is 20.2. The van der Waals surface area contributed by atoms with Gasteiger partial charge in [-0.05, 0) is 23.8 Å². The monoisotopic (exact) mass is 413 g/mol. The molecule has 0 radical (unpaired) electrons. The van der Waals surface area contributed by atoms with Gasteiger partial charge < -0.3 is 14.0 Å². The standard InChI is InChI=1S/C25H23N3O3/c1-30-21-12-19(13-22(14-21)31-2)25(29)27-26-15-20-17-28(16-18-8-4-3-5-9-18)24-11-7-6-10-23(20)24/h3-15,17H,16H2,1-2H3,(H,27,29)/b26-15-. The lowest BCUT2D eigenvalue weighted by molar-refractivity contribution is 0.0954. The maximum absolute atomic E-state index is 12.5. The molecule has 4 rings (SSSR count). The van der Waals surface area contributed by atoms with Gasteiger partial charge in [-0.2, -0.15) is 5.10 Å². The van der Waals surface area contributed by atoms with Crippen LogP contribution in [0.4, 0.5) is 0 Å². The number of para-hydroxylation sites is 1. The smallest absolute Gasteiger partial charge is 0.271 e. The SMILES string of the molecule is COc1cc(OC)cc(C(=O)N/N=C\c2cn(Cc3ccccc3)c3ccccc23)c1. The summed E-state index contributed by atoms with van der Waals surface area (Å²) in [5, 5.41) is 5.25. The van der Waals surface area contributed by atoms with E-state index in [9.17, 15) is 4.79 Å². The number of hydrogen-bond donors (Lipinski definition) is 1. The van der Waals surface area contributed by atoms with Gasteiger partial charge in [0.05, 0.1) is 20.4 Å². The zero-order valence-electron chi connectivity index (χ0n) is 17.4. The van der Waals surface area contributed by atoms with E-state index < -0.39 is 0 Å². The highest BCUT2D eigenvalue weighted by Crippen LogP contribution is 2.23. The largest absolute Gasteiger partial charge is 0.497 e. The van der Waals surface area contributed by atoms with Gasteiger partial charge in [-0.15, -0.1) is 0 Å². The maximum Gasteiger partial charge on any atom is 0.271 e. The highest BCUT2D eigenvalue weighted by Gasteiger charge is 2.10. The number of amides is 1. The van der Waals surface area contributed by atoms with Crippen molar-refractivity contribution < 1.29 is 14.3 Å². The van der Waals surface area contributed by atoms with Crippen molar-refractivity contribution in [1.82, 2.24) is 9.99 Å². The molecule has 1 heterocycles. The van der Waals surface area contributed by atoms with Crippen LogP contribution >= 0.6 is 0 Å². The molecule has 0 unspecified atom stereocenters. The van der Waals surface area contributed by atoms with Gasteiger partial charge in [0.2, 0.25) is 0 Å². The molecular weight excluding hydrogens is 390 g/mol. The van der Waals surface area contributed by atoms with Gasteiger partial charge >= 0.3 is 0 Å². The third kappa shape index (κ3) is 4.59. The molecule has 0 saturated heterocycles. The highest BCUT2D eigenvalue weighted by molar-refractivity contribution is 6.00. The van der Waals surface area contributed by atoms with Crippen LogP contribution in [0.3, 0.4) is 0 Å². The van der Waals surface area contributed by atoms with Crippen LogP contribution < -0.4 is 14.9 Å². The van der Waals surface area contributed by atoms with Crippen LogP contribution in [0.15, 0.2) is 84.1 Å². The number of methoxy groups -OCH3 is 2. The molecule has 0 aliphatic carbocycles. The summed E-state index contributed by atoms with van der Waals surface area (Å²) in [5.74, 6) is 0.733. The zero-order valence-corrected chi connectivity index (χ0v) is 17.4. The van der Waals surface area contributed by atoms with Crippen molar-refractivity contribution >= 4 is 23.0 Å². The van der Waals surface area contributed by atoms with Gasteiger partial charge in [-0.25, -0.2) is 5.43 Å². The molecule has 1 aromatic heterocycles. The van der Waals surface area contributed by atoms with E-state index in [0.717, 1.165) is 23.0 Å². The minimum absolute atomic E-state index is 0.346. The molecule has 3 aromatic carbocycles. The second kappa shape index (κ2) is 9.17. The second-order valence-electron chi connectivity index (χ2n) is 7.02. The third-order valence-electron chi connectivity index (χ3n) is 5.00. The fourth-order valence-electron chi connectivity index (χ4n) is 3.45. The molecule has 4 aromatic rings. The van der Waals surface area contributed by atoms with Gasteiger partial charge in [0.15, 0.2) is 0 Å². The number of hydrazone groups is 1. The molecule has 0 aliphatic heterocycles. The molecule has 6 nitrogen and oxygen atoms in total. The topological polar surface area (TPSA) is 64.8 Å². The van der Waals surface area contributed by atoms with Crippen LogP contribution in [0.2, 0.25) is 0 Å². The van der Waals surface area contributed by atoms with Gasteiger partial charge in [0.1, 0.15) is 11.5 Å². The van der Waals surface area contributed by atoms with Crippen LogP contribution in [0, 0.1) is 0 Å². The second-order valence-corrected chi connectivity index (χ2v) is 7.02. The summed E-state index contributed by atoms with van der Waals surface area (Å²) in [6.07, 6.45) is 3.71. The Morgan fingerprint density at radius 3 is 2.35 bits per heavy atom. The quantitative estimate of drug-likeness (QED) is 0.359. The number of nitrogens with zero attached hydrogens (tertiary/aromatic N) is 2. The summed E-state index contributed by atoms with van der Waals surface area (Å²) in [5.41, 5.74) is 6.24. The summed E-state index contributed by atoms with van der Waals surface area (Å²) < 4.78 is 12.6. The molecule has 1 amide bonds. The molecule has 0 saturated carbocycles. The van der Waals surface area contributed by atoms with E-state index in [0.29, 0.717) is 17.1 Å². The molecular formula is C25H23N3O3. The molecule has 0 fully saturated rings. The molecule has 0 aliphatic rings. The lowest BCUT2D eigenvalue weighted by atomic mass is 10.2. The van der Waals surface area contributed by atoms with Gasteiger partial charge in [-0.3, -0.25) is 4.79 Å². The van der Waals surface area contributed by atoms with Crippen molar-refractivity contribution in [2.24, 2.45) is 5.10 Å². The normalized spacial score (nSPS) is 11.0. The number of aromatic nitrogens is 1. The predicted molar refractivity (Wildman–Crippen MR) is 122 cm³/mol. The summed E-state index contributed by atoms with van der Waals surface area (Å²) in [6, 6.07) is 23.4. The van der Waals surface area contributed by atoms with Crippen LogP contribution in [0.5, 0.6) is 11.5 Å². The first-order chi connectivity index (χ1) is 15.2. The lowest BCUT2D eigenvalue weighted by Gasteiger charge is -2.07. The Hall–Kier alpha value is -4.06. The van der Waals surface area contributed by atoms with Crippen molar-refractivity contribution in [1.29, 1.82) is 0 Å². The average Bonchev–Trinajstić information content (AvgIpc) is 3.16. The number of nitrogens with one attached hydrogen (secondary N) is 1. The molecule has 0 spiro atoms. The first-order valence-electron chi connectivity index (χ1n) is 9.86. The number of hydrogen-bond acceptors (Lipinski definition) is 4. The Kier molecular flexibility index (Phi) is 5.98. The molecule has 0 bridgehead atoms. The van der Waals surface area contributed by atoms with Crippen LogP contribution in [-0.4, -0.2) is 30.9 Å². The number of fused-ring (bicyclic) bond motifs is 1. The fraction of sp³-hybridized carbons (Fsp3) is 0.120. The van der Waals surface area contributed by atoms with Gasteiger partial charge in [-0.1, -0.05) is 48.5 Å². The van der Waals surface area contributed by atoms with Crippen LogP contribution in [-0.2, 0) is 6.54 Å². The van der Waals surface area contributed by atoms with Crippen molar-refractivity contribution in [2.75, 3.05) is 14.2 Å². The average molecular weight is 413 g/mol. The maximum atomic E-state index is 12.5. The van der Waals surface area contributed by atoms with Gasteiger partial charge in [0.25, 0.3) is 5.91 Å². The molecule has 156 valence electrons. The minimum atomic E-state index is -0.346. The summed E-state index contributed by atoms with van der Waals surface area (Å²) in [6.45, 7) is 0.755. The Labute approximate surface area is 180 Å². The predicted octanol–water partition coefficient (Wildman–Crippen LogP) is 4.47. The van der Waals surface area contributed by atoms with E-state index in [1.807, 2.05) is 42.6 Å². The number of carbonyl (C=O) groups excluding carboxylic acids is 1. The first-order valence-corrected chi connectivity index (χ1v) is 9.86. The van der Waals surface area contributed by atoms with Crippen molar-refractivity contribution in [3.05, 3.63) is 95.7 Å². The summed E-state index contributed by atoms with van der Waals surface area (Å²) >= 11 is 0. The fourth-order valence-corrected chi connectivity index (χ4v) is 3.45. The van der Waals surface area contributed by atoms with Crippen molar-refractivity contribution in [2.45, 2.75) is 6.54 Å². The molecule has 1 N–H and O–H groups in total. The summed E-state index contributed by atoms with van der Waals surface area (Å²) in [4.78, 5) is 12.5. The van der Waals surface area contributed by atoms with E-state index in [2.05, 4.69) is 33.3 Å². The Morgan fingerprint density at radius 1 is 0.968 bits per heavy atom. The lowest BCUT2D eigenvalue weighted by Crippen LogP contribution is -2.17. The summed E-state index contributed by atoms with van der Waals surface area (Å²) in [7, 11) is 3.08. The number of rotatable bonds is 7. The van der Waals surface area contributed by atoms with Crippen molar-refractivity contribution in [3.8, 4) is 11.5 Å². The Bertz CT molecular complexity index is 1210. The van der Waals surface area contributed by atoms with E-state index in [4.69, 9.17) is 9.47 Å². The minimum Gasteiger partial charge on any atom is -0.497 e. The number of carbonyl (C=O) groups is 1. The van der Waals surface area contributed by atoms with E-state index in [-0.39, 0.29) is 5.91 Å². The molecule has 6 heteroatoms. The number of benzene rings is 3. The highest BCUT2D eigenvalue weighted by atomic mass is 16.5. The van der Waals surface area contributed by atoms with Gasteiger partial charge in [0, 0.05) is 40.8 Å². The Morgan fingerprint density at radius 2 is 1.65 bits per heavy atom. The molecule has 31 heavy (non-hydrogen) atoms. The van der Waals surface area contributed by atoms with Crippen LogP contribution in [0.25, 0.3) is 10.9 Å². The molecule has 0 atom stereocenters. The van der Waals surface area contributed by atoms with Crippen LogP contribution in [0.1, 0.15) is 21.5 Å². The van der Waals surface area contributed by atoms with E-state index in [1.165, 1.54) is 5.56 Å². The van der Waals surface area contributed by atoms with E-state index in [1.54, 1.807) is 38.6 Å². The van der Waals surface area contributed by atoms with Crippen molar-refractivity contribution in [3.63, 3.8) is 0 Å². The third-order valence-corrected chi connectivity index (χ3v) is 5.00. The Balaban J connectivity index is 1.55. The zero-order chi connectivity index (χ0) is 21.6. The van der Waals surface area contributed by atoms with E-state index >= 15 is 0 Å². The number of ether oxygens (including phenoxy) is 2.